The van der Waals surface area contributed by atoms with Gasteiger partial charge in [-0.1, -0.05) is 11.8 Å². The summed E-state index contributed by atoms with van der Waals surface area (Å²) in [6, 6.07) is 3.42. The zero-order valence-corrected chi connectivity index (χ0v) is 14.2. The number of nitrogens with one attached hydrogen (secondary N) is 1. The molecule has 0 spiro atoms. The van der Waals surface area contributed by atoms with Crippen molar-refractivity contribution in [3.63, 3.8) is 0 Å². The maximum Gasteiger partial charge on any atom is 0.259 e. The molecule has 1 aromatic heterocycles. The summed E-state index contributed by atoms with van der Waals surface area (Å²) < 4.78 is 5.27. The van der Waals surface area contributed by atoms with Gasteiger partial charge in [-0.15, -0.1) is 0 Å². The monoisotopic (exact) mass is 334 g/mol. The first-order chi connectivity index (χ1) is 10.9. The van der Waals surface area contributed by atoms with Gasteiger partial charge in [0.05, 0.1) is 12.7 Å². The van der Waals surface area contributed by atoms with E-state index >= 15 is 0 Å². The van der Waals surface area contributed by atoms with Crippen LogP contribution >= 0.6 is 11.8 Å². The van der Waals surface area contributed by atoms with Gasteiger partial charge in [-0.25, -0.2) is 0 Å². The van der Waals surface area contributed by atoms with E-state index in [9.17, 15) is 14.7 Å². The number of carbonyl (C=O) groups excluding carboxylic acids is 1. The van der Waals surface area contributed by atoms with Crippen molar-refractivity contribution < 1.29 is 14.6 Å². The van der Waals surface area contributed by atoms with Crippen LogP contribution in [0.3, 0.4) is 0 Å². The van der Waals surface area contributed by atoms with Crippen molar-refractivity contribution in [2.45, 2.75) is 25.4 Å². The Balaban J connectivity index is 2.35. The van der Waals surface area contributed by atoms with Gasteiger partial charge in [-0.05, 0) is 43.4 Å². The van der Waals surface area contributed by atoms with Crippen molar-refractivity contribution in [2.75, 3.05) is 13.4 Å². The van der Waals surface area contributed by atoms with E-state index in [-0.39, 0.29) is 17.8 Å². The molecule has 0 aliphatic heterocycles. The Morgan fingerprint density at radius 2 is 1.96 bits per heavy atom. The number of benzene rings is 1. The Labute approximate surface area is 137 Å². The van der Waals surface area contributed by atoms with Crippen molar-refractivity contribution in [1.82, 2.24) is 9.97 Å². The number of rotatable bonds is 5. The number of hydrogen-bond acceptors (Lipinski definition) is 6. The number of thioether (sulfide) groups is 1. The third-order valence-corrected chi connectivity index (χ3v) is 4.07. The van der Waals surface area contributed by atoms with E-state index in [1.54, 1.807) is 25.5 Å². The third kappa shape index (κ3) is 3.56. The molecule has 0 bridgehead atoms. The highest BCUT2D eigenvalue weighted by Gasteiger charge is 2.17. The van der Waals surface area contributed by atoms with Gasteiger partial charge < -0.3 is 14.8 Å². The number of ketones is 1. The number of methoxy groups -OCH3 is 1. The van der Waals surface area contributed by atoms with Crippen LogP contribution in [-0.2, 0) is 6.42 Å². The van der Waals surface area contributed by atoms with Crippen molar-refractivity contribution in [1.29, 1.82) is 0 Å². The number of carbonyl (C=O) groups is 1. The SMILES string of the molecule is COc1c(C)cc(C(=O)Cc2c(O)nc(SC)[nH]c2=O)cc1C. The zero-order chi connectivity index (χ0) is 17.1. The van der Waals surface area contributed by atoms with Crippen LogP contribution in [0.15, 0.2) is 22.1 Å². The first kappa shape index (κ1) is 17.1. The molecule has 0 aliphatic rings. The van der Waals surface area contributed by atoms with Crippen molar-refractivity contribution in [3.05, 3.63) is 44.7 Å². The summed E-state index contributed by atoms with van der Waals surface area (Å²) in [4.78, 5) is 30.8. The van der Waals surface area contributed by atoms with E-state index in [1.165, 1.54) is 11.8 Å². The molecule has 0 saturated heterocycles. The molecule has 0 fully saturated rings. The molecule has 0 unspecified atom stereocenters. The van der Waals surface area contributed by atoms with Gasteiger partial charge in [-0.3, -0.25) is 9.59 Å². The minimum Gasteiger partial charge on any atom is -0.496 e. The lowest BCUT2D eigenvalue weighted by Crippen LogP contribution is -2.18. The number of nitrogens with zero attached hydrogens (tertiary/aromatic N) is 1. The zero-order valence-electron chi connectivity index (χ0n) is 13.4. The number of aromatic hydroxyl groups is 1. The van der Waals surface area contributed by atoms with E-state index < -0.39 is 11.4 Å². The molecule has 1 heterocycles. The standard InChI is InChI=1S/C16H18N2O4S/c1-8-5-10(6-9(2)13(8)22-3)12(19)7-11-14(20)17-16(23-4)18-15(11)21/h5-6H,7H2,1-4H3,(H2,17,18,20,21). The molecular formula is C16H18N2O4S. The summed E-state index contributed by atoms with van der Waals surface area (Å²) in [6.07, 6.45) is 1.51. The molecule has 7 heteroatoms. The summed E-state index contributed by atoms with van der Waals surface area (Å²) in [6.45, 7) is 3.70. The van der Waals surface area contributed by atoms with E-state index in [0.717, 1.165) is 16.9 Å². The molecule has 122 valence electrons. The van der Waals surface area contributed by atoms with E-state index in [0.29, 0.717) is 10.7 Å². The largest absolute Gasteiger partial charge is 0.496 e. The van der Waals surface area contributed by atoms with E-state index in [4.69, 9.17) is 4.74 Å². The maximum absolute atomic E-state index is 12.4. The van der Waals surface area contributed by atoms with E-state index in [1.807, 2.05) is 13.8 Å². The molecule has 2 aromatic rings. The van der Waals surface area contributed by atoms with Gasteiger partial charge in [0.2, 0.25) is 5.88 Å². The second-order valence-electron chi connectivity index (χ2n) is 5.12. The summed E-state index contributed by atoms with van der Waals surface area (Å²) in [5.74, 6) is 0.0556. The predicted octanol–water partition coefficient (Wildman–Crippen LogP) is 2.25. The average Bonchev–Trinajstić information content (AvgIpc) is 2.50. The predicted molar refractivity (Wildman–Crippen MR) is 88.8 cm³/mol. The first-order valence-corrected chi connectivity index (χ1v) is 8.14. The van der Waals surface area contributed by atoms with Gasteiger partial charge >= 0.3 is 0 Å². The Morgan fingerprint density at radius 3 is 2.43 bits per heavy atom. The van der Waals surface area contributed by atoms with Crippen LogP contribution in [0.1, 0.15) is 27.0 Å². The minimum atomic E-state index is -0.503. The Hall–Kier alpha value is -2.28. The molecule has 0 radical (unpaired) electrons. The van der Waals surface area contributed by atoms with Crippen molar-refractivity contribution in [2.24, 2.45) is 0 Å². The number of aromatic nitrogens is 2. The normalized spacial score (nSPS) is 10.6. The van der Waals surface area contributed by atoms with Gasteiger partial charge in [0.1, 0.15) is 5.75 Å². The summed E-state index contributed by atoms with van der Waals surface area (Å²) >= 11 is 1.20. The van der Waals surface area contributed by atoms with Crippen LogP contribution in [0.2, 0.25) is 0 Å². The van der Waals surface area contributed by atoms with Crippen LogP contribution in [0.25, 0.3) is 0 Å². The highest BCUT2D eigenvalue weighted by molar-refractivity contribution is 7.98. The molecular weight excluding hydrogens is 316 g/mol. The second kappa shape index (κ2) is 6.87. The van der Waals surface area contributed by atoms with Crippen molar-refractivity contribution in [3.8, 4) is 11.6 Å². The minimum absolute atomic E-state index is 0.0288. The molecule has 1 aromatic carbocycles. The third-order valence-electron chi connectivity index (χ3n) is 3.49. The molecule has 2 rings (SSSR count). The number of hydrogen-bond donors (Lipinski definition) is 2. The summed E-state index contributed by atoms with van der Waals surface area (Å²) in [5, 5.41) is 10.2. The van der Waals surface area contributed by atoms with Gasteiger partial charge in [0.15, 0.2) is 10.9 Å². The number of aromatic amines is 1. The maximum atomic E-state index is 12.4. The fourth-order valence-electron chi connectivity index (χ4n) is 2.42. The van der Waals surface area contributed by atoms with E-state index in [2.05, 4.69) is 9.97 Å². The quantitative estimate of drug-likeness (QED) is 0.495. The number of H-pyrrole nitrogens is 1. The molecule has 6 nitrogen and oxygen atoms in total. The molecule has 0 saturated carbocycles. The lowest BCUT2D eigenvalue weighted by Gasteiger charge is -2.11. The van der Waals surface area contributed by atoms with Crippen LogP contribution in [0, 0.1) is 13.8 Å². The summed E-state index contributed by atoms with van der Waals surface area (Å²) in [7, 11) is 1.58. The van der Waals surface area contributed by atoms with Gasteiger partial charge in [0.25, 0.3) is 5.56 Å². The summed E-state index contributed by atoms with van der Waals surface area (Å²) in [5.41, 5.74) is 1.61. The van der Waals surface area contributed by atoms with Gasteiger partial charge in [-0.2, -0.15) is 4.98 Å². The number of Topliss-reactive ketones (excluding diaryl/α,β-unsaturated/α-hetero) is 1. The lowest BCUT2D eigenvalue weighted by atomic mass is 9.99. The molecule has 0 aliphatic carbocycles. The molecule has 0 atom stereocenters. The molecule has 0 amide bonds. The first-order valence-electron chi connectivity index (χ1n) is 6.92. The Morgan fingerprint density at radius 1 is 1.35 bits per heavy atom. The molecule has 2 N–H and O–H groups in total. The lowest BCUT2D eigenvalue weighted by molar-refractivity contribution is 0.0991. The fraction of sp³-hybridized carbons (Fsp3) is 0.312. The van der Waals surface area contributed by atoms with Crippen LogP contribution < -0.4 is 10.3 Å². The topological polar surface area (TPSA) is 92.3 Å². The number of aryl methyl sites for hydroxylation is 2. The second-order valence-corrected chi connectivity index (χ2v) is 5.92. The van der Waals surface area contributed by atoms with Crippen LogP contribution in [0.4, 0.5) is 0 Å². The molecule has 23 heavy (non-hydrogen) atoms. The Bertz CT molecular complexity index is 791. The fourth-order valence-corrected chi connectivity index (χ4v) is 2.79. The van der Waals surface area contributed by atoms with Gasteiger partial charge in [0, 0.05) is 12.0 Å². The van der Waals surface area contributed by atoms with Crippen LogP contribution in [0.5, 0.6) is 11.6 Å². The number of ether oxygens (including phenoxy) is 1. The average molecular weight is 334 g/mol. The van der Waals surface area contributed by atoms with Crippen LogP contribution in [-0.4, -0.2) is 34.2 Å². The Kier molecular flexibility index (Phi) is 5.10. The smallest absolute Gasteiger partial charge is 0.259 e. The van der Waals surface area contributed by atoms with Crippen molar-refractivity contribution >= 4 is 17.5 Å². The highest BCUT2D eigenvalue weighted by atomic mass is 32.2. The highest BCUT2D eigenvalue weighted by Crippen LogP contribution is 2.25.